The Hall–Kier alpha value is -2.37. The van der Waals surface area contributed by atoms with Crippen LogP contribution in [0.2, 0.25) is 0 Å². The first kappa shape index (κ1) is 11.1. The molecule has 4 N–H and O–H groups in total. The number of carbonyl (C=O) groups is 1. The average molecular weight is 234 g/mol. The van der Waals surface area contributed by atoms with Crippen molar-refractivity contribution in [3.8, 4) is 0 Å². The van der Waals surface area contributed by atoms with Gasteiger partial charge < -0.3 is 11.1 Å². The summed E-state index contributed by atoms with van der Waals surface area (Å²) >= 11 is 0. The second kappa shape index (κ2) is 4.25. The highest BCUT2D eigenvalue weighted by Crippen LogP contribution is 2.18. The van der Waals surface area contributed by atoms with Crippen LogP contribution in [0.5, 0.6) is 0 Å². The SMILES string of the molecule is Cc1c(N)cc(C(=O)Nc2cn[nH]c2)cc1F. The molecule has 0 aliphatic rings. The summed E-state index contributed by atoms with van der Waals surface area (Å²) in [6.45, 7) is 1.56. The third kappa shape index (κ3) is 2.25. The molecule has 2 aromatic rings. The van der Waals surface area contributed by atoms with Crippen molar-refractivity contribution in [2.24, 2.45) is 0 Å². The van der Waals surface area contributed by atoms with Crippen molar-refractivity contribution in [3.05, 3.63) is 41.5 Å². The van der Waals surface area contributed by atoms with E-state index in [1.54, 1.807) is 6.92 Å². The third-order valence-electron chi connectivity index (χ3n) is 2.40. The zero-order valence-corrected chi connectivity index (χ0v) is 9.12. The number of H-pyrrole nitrogens is 1. The Morgan fingerprint density at radius 2 is 2.29 bits per heavy atom. The summed E-state index contributed by atoms with van der Waals surface area (Å²) < 4.78 is 13.4. The number of rotatable bonds is 2. The van der Waals surface area contributed by atoms with E-state index in [0.29, 0.717) is 11.3 Å². The molecule has 2 rings (SSSR count). The lowest BCUT2D eigenvalue weighted by Crippen LogP contribution is -2.12. The molecule has 0 fully saturated rings. The van der Waals surface area contributed by atoms with E-state index in [9.17, 15) is 9.18 Å². The van der Waals surface area contributed by atoms with Gasteiger partial charge in [0.1, 0.15) is 5.82 Å². The minimum absolute atomic E-state index is 0.173. The molecule has 6 heteroatoms. The number of hydrogen-bond donors (Lipinski definition) is 3. The molecule has 1 aromatic carbocycles. The standard InChI is InChI=1S/C11H11FN4O/c1-6-9(12)2-7(3-10(6)13)11(17)16-8-4-14-15-5-8/h2-5H,13H2,1H3,(H,14,15)(H,16,17). The molecule has 1 heterocycles. The Kier molecular flexibility index (Phi) is 2.78. The van der Waals surface area contributed by atoms with Crippen molar-refractivity contribution >= 4 is 17.3 Å². The van der Waals surface area contributed by atoms with E-state index in [1.807, 2.05) is 0 Å². The number of nitrogens with two attached hydrogens (primary N) is 1. The van der Waals surface area contributed by atoms with Gasteiger partial charge in [0, 0.05) is 23.0 Å². The smallest absolute Gasteiger partial charge is 0.255 e. The highest BCUT2D eigenvalue weighted by atomic mass is 19.1. The zero-order valence-electron chi connectivity index (χ0n) is 9.12. The number of benzene rings is 1. The van der Waals surface area contributed by atoms with Crippen LogP contribution in [0.15, 0.2) is 24.5 Å². The average Bonchev–Trinajstić information content (AvgIpc) is 2.77. The summed E-state index contributed by atoms with van der Waals surface area (Å²) in [5, 5.41) is 8.79. The largest absolute Gasteiger partial charge is 0.398 e. The number of nitrogens with one attached hydrogen (secondary N) is 2. The van der Waals surface area contributed by atoms with Crippen molar-refractivity contribution in [3.63, 3.8) is 0 Å². The van der Waals surface area contributed by atoms with E-state index in [0.717, 1.165) is 6.07 Å². The van der Waals surface area contributed by atoms with Crippen molar-refractivity contribution in [1.82, 2.24) is 10.2 Å². The molecule has 88 valence electrons. The molecule has 17 heavy (non-hydrogen) atoms. The first-order chi connectivity index (χ1) is 8.08. The molecular formula is C11H11FN4O. The molecule has 0 aliphatic heterocycles. The molecule has 1 amide bonds. The summed E-state index contributed by atoms with van der Waals surface area (Å²) in [5.74, 6) is -0.931. The van der Waals surface area contributed by atoms with E-state index < -0.39 is 11.7 Å². The Labute approximate surface area is 96.8 Å². The Morgan fingerprint density at radius 3 is 2.88 bits per heavy atom. The zero-order chi connectivity index (χ0) is 12.4. The lowest BCUT2D eigenvalue weighted by atomic mass is 10.1. The van der Waals surface area contributed by atoms with Gasteiger partial charge in [0.15, 0.2) is 0 Å². The molecule has 0 saturated heterocycles. The predicted octanol–water partition coefficient (Wildman–Crippen LogP) is 1.69. The minimum Gasteiger partial charge on any atom is -0.398 e. The second-order valence-corrected chi connectivity index (χ2v) is 3.61. The number of nitrogens with zero attached hydrogens (tertiary/aromatic N) is 1. The number of halogens is 1. The van der Waals surface area contributed by atoms with Crippen LogP contribution in [0.25, 0.3) is 0 Å². The fraction of sp³-hybridized carbons (Fsp3) is 0.0909. The van der Waals surface area contributed by atoms with Crippen LogP contribution in [0.3, 0.4) is 0 Å². The highest BCUT2D eigenvalue weighted by Gasteiger charge is 2.11. The van der Waals surface area contributed by atoms with Crippen molar-refractivity contribution in [1.29, 1.82) is 0 Å². The molecule has 0 radical (unpaired) electrons. The van der Waals surface area contributed by atoms with E-state index in [2.05, 4.69) is 15.5 Å². The quantitative estimate of drug-likeness (QED) is 0.691. The van der Waals surface area contributed by atoms with Crippen LogP contribution >= 0.6 is 0 Å². The maximum absolute atomic E-state index is 13.4. The van der Waals surface area contributed by atoms with Crippen LogP contribution in [0.4, 0.5) is 15.8 Å². The lowest BCUT2D eigenvalue weighted by Gasteiger charge is -2.06. The predicted molar refractivity (Wildman–Crippen MR) is 62.1 cm³/mol. The van der Waals surface area contributed by atoms with Crippen molar-refractivity contribution in [2.75, 3.05) is 11.1 Å². The maximum atomic E-state index is 13.4. The summed E-state index contributed by atoms with van der Waals surface area (Å²) in [7, 11) is 0. The Morgan fingerprint density at radius 1 is 1.53 bits per heavy atom. The Balaban J connectivity index is 2.26. The van der Waals surface area contributed by atoms with Gasteiger partial charge in [-0.05, 0) is 19.1 Å². The van der Waals surface area contributed by atoms with Gasteiger partial charge >= 0.3 is 0 Å². The topological polar surface area (TPSA) is 83.8 Å². The van der Waals surface area contributed by atoms with E-state index in [4.69, 9.17) is 5.73 Å². The molecular weight excluding hydrogens is 223 g/mol. The van der Waals surface area contributed by atoms with Crippen LogP contribution < -0.4 is 11.1 Å². The normalized spacial score (nSPS) is 10.2. The number of amides is 1. The third-order valence-corrected chi connectivity index (χ3v) is 2.40. The monoisotopic (exact) mass is 234 g/mol. The summed E-state index contributed by atoms with van der Waals surface area (Å²) in [4.78, 5) is 11.8. The number of aromatic amines is 1. The summed E-state index contributed by atoms with van der Waals surface area (Å²) in [6.07, 6.45) is 2.97. The highest BCUT2D eigenvalue weighted by molar-refractivity contribution is 6.04. The number of carbonyl (C=O) groups excluding carboxylic acids is 1. The van der Waals surface area contributed by atoms with Gasteiger partial charge in [0.2, 0.25) is 0 Å². The number of nitrogen functional groups attached to an aromatic ring is 1. The van der Waals surface area contributed by atoms with E-state index in [-0.39, 0.29) is 11.3 Å². The van der Waals surface area contributed by atoms with Gasteiger partial charge in [-0.2, -0.15) is 5.10 Å². The van der Waals surface area contributed by atoms with E-state index in [1.165, 1.54) is 18.5 Å². The number of aromatic nitrogens is 2. The molecule has 0 aliphatic carbocycles. The van der Waals surface area contributed by atoms with Gasteiger partial charge in [-0.3, -0.25) is 9.89 Å². The van der Waals surface area contributed by atoms with Crippen LogP contribution in [0.1, 0.15) is 15.9 Å². The van der Waals surface area contributed by atoms with Gasteiger partial charge in [-0.25, -0.2) is 4.39 Å². The number of anilines is 2. The molecule has 0 bridgehead atoms. The molecule has 0 saturated carbocycles. The maximum Gasteiger partial charge on any atom is 0.255 e. The van der Waals surface area contributed by atoms with Gasteiger partial charge in [0.25, 0.3) is 5.91 Å². The van der Waals surface area contributed by atoms with Crippen LogP contribution in [0, 0.1) is 12.7 Å². The van der Waals surface area contributed by atoms with Gasteiger partial charge in [-0.1, -0.05) is 0 Å². The molecule has 0 atom stereocenters. The first-order valence-electron chi connectivity index (χ1n) is 4.93. The van der Waals surface area contributed by atoms with Crippen molar-refractivity contribution in [2.45, 2.75) is 6.92 Å². The molecule has 0 spiro atoms. The fourth-order valence-electron chi connectivity index (χ4n) is 1.35. The van der Waals surface area contributed by atoms with Crippen LogP contribution in [-0.4, -0.2) is 16.1 Å². The first-order valence-corrected chi connectivity index (χ1v) is 4.93. The van der Waals surface area contributed by atoms with Crippen LogP contribution in [-0.2, 0) is 0 Å². The summed E-state index contributed by atoms with van der Waals surface area (Å²) in [5.41, 5.74) is 6.87. The minimum atomic E-state index is -0.498. The fourth-order valence-corrected chi connectivity index (χ4v) is 1.35. The van der Waals surface area contributed by atoms with Crippen molar-refractivity contribution < 1.29 is 9.18 Å². The van der Waals surface area contributed by atoms with Gasteiger partial charge in [-0.15, -0.1) is 0 Å². The lowest BCUT2D eigenvalue weighted by molar-refractivity contribution is 0.102. The second-order valence-electron chi connectivity index (χ2n) is 3.61. The molecule has 5 nitrogen and oxygen atoms in total. The summed E-state index contributed by atoms with van der Waals surface area (Å²) in [6, 6.07) is 2.59. The molecule has 1 aromatic heterocycles. The number of hydrogen-bond acceptors (Lipinski definition) is 3. The van der Waals surface area contributed by atoms with Gasteiger partial charge in [0.05, 0.1) is 11.9 Å². The van der Waals surface area contributed by atoms with E-state index >= 15 is 0 Å². The Bertz CT molecular complexity index is 528. The molecule has 0 unspecified atom stereocenters.